The van der Waals surface area contributed by atoms with E-state index < -0.39 is 6.10 Å². The molecule has 1 fully saturated rings. The number of unbranched alkanes of at least 4 members (excludes halogenated alkanes) is 2. The number of fused-ring (bicyclic) bond motifs is 1. The summed E-state index contributed by atoms with van der Waals surface area (Å²) in [6.07, 6.45) is 6.49. The third-order valence-corrected chi connectivity index (χ3v) is 7.09. The van der Waals surface area contributed by atoms with Gasteiger partial charge in [0.25, 0.3) is 5.91 Å². The van der Waals surface area contributed by atoms with Crippen LogP contribution in [0.5, 0.6) is 5.75 Å². The van der Waals surface area contributed by atoms with Gasteiger partial charge in [0.15, 0.2) is 0 Å². The number of hydrogen-bond acceptors (Lipinski definition) is 4. The van der Waals surface area contributed by atoms with Gasteiger partial charge in [-0.3, -0.25) is 15.1 Å². The minimum absolute atomic E-state index is 0.0118. The minimum Gasteiger partial charge on any atom is -0.474 e. The molecular weight excluding hydrogens is 412 g/mol. The molecule has 2 aromatic rings. The van der Waals surface area contributed by atoms with Gasteiger partial charge in [-0.1, -0.05) is 49.2 Å². The summed E-state index contributed by atoms with van der Waals surface area (Å²) in [4.78, 5) is 18.0. The average Bonchev–Trinajstić information content (AvgIpc) is 2.81. The zero-order valence-electron chi connectivity index (χ0n) is 19.8. The van der Waals surface area contributed by atoms with Crippen molar-refractivity contribution in [2.75, 3.05) is 18.0 Å². The van der Waals surface area contributed by atoms with Gasteiger partial charge < -0.3 is 15.4 Å². The first-order valence-corrected chi connectivity index (χ1v) is 12.2. The van der Waals surface area contributed by atoms with Gasteiger partial charge in [0.1, 0.15) is 11.6 Å². The van der Waals surface area contributed by atoms with Gasteiger partial charge in [0.2, 0.25) is 6.10 Å². The Morgan fingerprint density at radius 2 is 1.67 bits per heavy atom. The summed E-state index contributed by atoms with van der Waals surface area (Å²) in [6, 6.07) is 16.3. The SMILES string of the molecule is C[C@@H]1CCC[C@H](C)N1CCCCCN1C(=O)[C@@H](c2ccc(C(=N)N)cc2)Oc2ccccc21. The van der Waals surface area contributed by atoms with Crippen molar-refractivity contribution in [2.24, 2.45) is 5.73 Å². The van der Waals surface area contributed by atoms with Crippen LogP contribution in [0.2, 0.25) is 0 Å². The number of hydrogen-bond donors (Lipinski definition) is 2. The molecule has 2 aliphatic heterocycles. The van der Waals surface area contributed by atoms with Crippen LogP contribution >= 0.6 is 0 Å². The van der Waals surface area contributed by atoms with Gasteiger partial charge in [-0.15, -0.1) is 0 Å². The van der Waals surface area contributed by atoms with Crippen LogP contribution in [-0.2, 0) is 4.79 Å². The predicted octanol–water partition coefficient (Wildman–Crippen LogP) is 4.87. The highest BCUT2D eigenvalue weighted by atomic mass is 16.5. The molecule has 6 nitrogen and oxygen atoms in total. The lowest BCUT2D eigenvalue weighted by molar-refractivity contribution is -0.126. The number of nitrogens with zero attached hydrogens (tertiary/aromatic N) is 2. The van der Waals surface area contributed by atoms with Crippen molar-refractivity contribution in [1.82, 2.24) is 4.90 Å². The van der Waals surface area contributed by atoms with E-state index in [-0.39, 0.29) is 11.7 Å². The molecular formula is C27H36N4O2. The highest BCUT2D eigenvalue weighted by molar-refractivity contribution is 6.01. The molecule has 0 spiro atoms. The molecule has 0 aliphatic carbocycles. The van der Waals surface area contributed by atoms with Crippen LogP contribution in [0, 0.1) is 5.41 Å². The molecule has 0 bridgehead atoms. The maximum atomic E-state index is 13.4. The molecule has 3 atom stereocenters. The van der Waals surface area contributed by atoms with E-state index >= 15 is 0 Å². The smallest absolute Gasteiger partial charge is 0.272 e. The molecule has 2 aromatic carbocycles. The number of benzene rings is 2. The Morgan fingerprint density at radius 1 is 1.00 bits per heavy atom. The number of para-hydroxylation sites is 2. The van der Waals surface area contributed by atoms with Crippen molar-refractivity contribution < 1.29 is 9.53 Å². The first-order chi connectivity index (χ1) is 16.0. The zero-order chi connectivity index (χ0) is 23.4. The number of likely N-dealkylation sites (tertiary alicyclic amines) is 1. The summed E-state index contributed by atoms with van der Waals surface area (Å²) in [6.45, 7) is 6.53. The average molecular weight is 449 g/mol. The lowest BCUT2D eigenvalue weighted by atomic mass is 9.97. The summed E-state index contributed by atoms with van der Waals surface area (Å²) >= 11 is 0. The summed E-state index contributed by atoms with van der Waals surface area (Å²) in [5, 5.41) is 7.58. The van der Waals surface area contributed by atoms with Crippen molar-refractivity contribution in [1.29, 1.82) is 5.41 Å². The Morgan fingerprint density at radius 3 is 2.36 bits per heavy atom. The monoisotopic (exact) mass is 448 g/mol. The molecule has 0 saturated carbocycles. The standard InChI is InChI=1S/C27H36N4O2/c1-19-9-8-10-20(2)30(19)17-6-3-7-18-31-23-11-4-5-12-24(23)33-25(27(31)32)21-13-15-22(16-14-21)26(28)29/h4-5,11-16,19-20,25H,3,6-10,17-18H2,1-2H3,(H3,28,29)/t19-,20+,25-/m1/s1. The van der Waals surface area contributed by atoms with Gasteiger partial charge in [-0.2, -0.15) is 0 Å². The number of amides is 1. The quantitative estimate of drug-likeness (QED) is 0.343. The maximum absolute atomic E-state index is 13.4. The first kappa shape index (κ1) is 23.3. The number of nitrogens with one attached hydrogen (secondary N) is 1. The van der Waals surface area contributed by atoms with E-state index in [0.29, 0.717) is 24.2 Å². The summed E-state index contributed by atoms with van der Waals surface area (Å²) in [5.41, 5.74) is 7.83. The van der Waals surface area contributed by atoms with Crippen molar-refractivity contribution in [2.45, 2.75) is 70.6 Å². The summed E-state index contributed by atoms with van der Waals surface area (Å²) in [5.74, 6) is 0.703. The molecule has 2 aliphatic rings. The number of nitrogen functional groups attached to an aromatic ring is 1. The number of rotatable bonds is 8. The maximum Gasteiger partial charge on any atom is 0.272 e. The lowest BCUT2D eigenvalue weighted by Crippen LogP contribution is -2.44. The van der Waals surface area contributed by atoms with E-state index in [2.05, 4.69) is 18.7 Å². The van der Waals surface area contributed by atoms with E-state index in [1.165, 1.54) is 19.3 Å². The van der Waals surface area contributed by atoms with Gasteiger partial charge in [0, 0.05) is 29.8 Å². The fraction of sp³-hybridized carbons (Fsp3) is 0.481. The Balaban J connectivity index is 1.40. The Kier molecular flexibility index (Phi) is 7.33. The number of anilines is 1. The third-order valence-electron chi connectivity index (χ3n) is 7.09. The number of piperidine rings is 1. The second kappa shape index (κ2) is 10.4. The highest BCUT2D eigenvalue weighted by Crippen LogP contribution is 2.39. The van der Waals surface area contributed by atoms with Crippen LogP contribution < -0.4 is 15.4 Å². The van der Waals surface area contributed by atoms with Crippen molar-refractivity contribution in [3.63, 3.8) is 0 Å². The van der Waals surface area contributed by atoms with E-state index in [9.17, 15) is 4.79 Å². The summed E-state index contributed by atoms with van der Waals surface area (Å²) in [7, 11) is 0. The number of nitrogens with two attached hydrogens (primary N) is 1. The number of carbonyl (C=O) groups excluding carboxylic acids is 1. The molecule has 1 saturated heterocycles. The van der Waals surface area contributed by atoms with Crippen molar-refractivity contribution in [3.05, 3.63) is 59.7 Å². The van der Waals surface area contributed by atoms with Crippen molar-refractivity contribution in [3.8, 4) is 5.75 Å². The van der Waals surface area contributed by atoms with E-state index in [1.54, 1.807) is 12.1 Å². The largest absolute Gasteiger partial charge is 0.474 e. The Labute approximate surface area is 197 Å². The first-order valence-electron chi connectivity index (χ1n) is 12.2. The molecule has 2 heterocycles. The Bertz CT molecular complexity index is 964. The lowest BCUT2D eigenvalue weighted by Gasteiger charge is -2.39. The second-order valence-corrected chi connectivity index (χ2v) is 9.42. The van der Waals surface area contributed by atoms with E-state index in [1.807, 2.05) is 41.3 Å². The predicted molar refractivity (Wildman–Crippen MR) is 133 cm³/mol. The van der Waals surface area contributed by atoms with E-state index in [0.717, 1.165) is 42.8 Å². The fourth-order valence-corrected chi connectivity index (χ4v) is 5.15. The molecule has 0 radical (unpaired) electrons. The Hall–Kier alpha value is -2.86. The summed E-state index contributed by atoms with van der Waals surface area (Å²) < 4.78 is 6.11. The number of ether oxygens (including phenoxy) is 1. The van der Waals surface area contributed by atoms with Crippen LogP contribution in [0.4, 0.5) is 5.69 Å². The van der Waals surface area contributed by atoms with E-state index in [4.69, 9.17) is 15.9 Å². The van der Waals surface area contributed by atoms with Crippen LogP contribution in [0.1, 0.15) is 69.6 Å². The van der Waals surface area contributed by atoms with Gasteiger partial charge in [0.05, 0.1) is 5.69 Å². The topological polar surface area (TPSA) is 82.7 Å². The second-order valence-electron chi connectivity index (χ2n) is 9.42. The van der Waals surface area contributed by atoms with Crippen LogP contribution in [0.25, 0.3) is 0 Å². The molecule has 6 heteroatoms. The van der Waals surface area contributed by atoms with Crippen LogP contribution in [-0.4, -0.2) is 41.8 Å². The highest BCUT2D eigenvalue weighted by Gasteiger charge is 2.35. The van der Waals surface area contributed by atoms with Crippen LogP contribution in [0.3, 0.4) is 0 Å². The molecule has 176 valence electrons. The van der Waals surface area contributed by atoms with Crippen LogP contribution in [0.15, 0.2) is 48.5 Å². The zero-order valence-corrected chi connectivity index (χ0v) is 19.8. The fourth-order valence-electron chi connectivity index (χ4n) is 5.15. The molecule has 33 heavy (non-hydrogen) atoms. The van der Waals surface area contributed by atoms with Gasteiger partial charge >= 0.3 is 0 Å². The molecule has 4 rings (SSSR count). The normalized spacial score (nSPS) is 23.2. The minimum atomic E-state index is -0.684. The number of amidine groups is 1. The molecule has 1 amide bonds. The molecule has 0 unspecified atom stereocenters. The third kappa shape index (κ3) is 5.22. The van der Waals surface area contributed by atoms with Crippen molar-refractivity contribution >= 4 is 17.4 Å². The number of carbonyl (C=O) groups is 1. The molecule has 0 aromatic heterocycles. The molecule has 3 N–H and O–H groups in total. The van der Waals surface area contributed by atoms with Gasteiger partial charge in [-0.05, 0) is 58.2 Å². The van der Waals surface area contributed by atoms with Gasteiger partial charge in [-0.25, -0.2) is 0 Å².